The lowest BCUT2D eigenvalue weighted by atomic mass is 10.1. The van der Waals surface area contributed by atoms with Gasteiger partial charge in [0.05, 0.1) is 11.7 Å². The van der Waals surface area contributed by atoms with Gasteiger partial charge in [0, 0.05) is 35.8 Å². The Labute approximate surface area is 92.8 Å². The number of aromatic nitrogens is 2. The first-order chi connectivity index (χ1) is 6.79. The third-order valence-corrected chi connectivity index (χ3v) is 5.33. The van der Waals surface area contributed by atoms with Gasteiger partial charge < -0.3 is 5.73 Å². The molecule has 78 valence electrons. The molecular weight excluding hydrogens is 214 g/mol. The van der Waals surface area contributed by atoms with Crippen LogP contribution in [-0.2, 0) is 7.05 Å². The van der Waals surface area contributed by atoms with Crippen LogP contribution in [0.4, 0.5) is 0 Å². The molecule has 2 heterocycles. The second-order valence-electron chi connectivity index (χ2n) is 3.39. The Bertz CT molecular complexity index is 294. The predicted molar refractivity (Wildman–Crippen MR) is 63.7 cm³/mol. The molecule has 1 aromatic heterocycles. The molecule has 0 spiro atoms. The lowest BCUT2D eigenvalue weighted by molar-refractivity contribution is 0.617. The maximum Gasteiger partial charge on any atom is 0.0595 e. The molecule has 1 aliphatic heterocycles. The first-order valence-electron chi connectivity index (χ1n) is 4.72. The maximum absolute atomic E-state index is 6.22. The lowest BCUT2D eigenvalue weighted by Gasteiger charge is -2.26. The summed E-state index contributed by atoms with van der Waals surface area (Å²) in [6.45, 7) is 0. The molecule has 1 saturated heterocycles. The monoisotopic (exact) mass is 229 g/mol. The predicted octanol–water partition coefficient (Wildman–Crippen LogP) is 1.27. The fourth-order valence-corrected chi connectivity index (χ4v) is 4.40. The number of nitrogens with zero attached hydrogens (tertiary/aromatic N) is 2. The van der Waals surface area contributed by atoms with Gasteiger partial charge in [-0.15, -0.1) is 0 Å². The molecular formula is C9H15N3S2. The molecule has 3 nitrogen and oxygen atoms in total. The number of rotatable bonds is 2. The Hall–Kier alpha value is -0.130. The molecule has 2 N–H and O–H groups in total. The Kier molecular flexibility index (Phi) is 3.41. The van der Waals surface area contributed by atoms with E-state index in [-0.39, 0.29) is 6.04 Å². The van der Waals surface area contributed by atoms with Crippen LogP contribution in [0.1, 0.15) is 11.7 Å². The Morgan fingerprint density at radius 1 is 1.64 bits per heavy atom. The second-order valence-corrected chi connectivity index (χ2v) is 5.89. The average molecular weight is 229 g/mol. The molecule has 1 aromatic rings. The summed E-state index contributed by atoms with van der Waals surface area (Å²) < 4.78 is 1.88. The van der Waals surface area contributed by atoms with Gasteiger partial charge in [0.25, 0.3) is 0 Å². The first-order valence-corrected chi connectivity index (χ1v) is 6.92. The van der Waals surface area contributed by atoms with Crippen LogP contribution < -0.4 is 5.73 Å². The molecule has 1 fully saturated rings. The summed E-state index contributed by atoms with van der Waals surface area (Å²) in [5, 5.41) is 4.70. The molecule has 0 amide bonds. The molecule has 0 bridgehead atoms. The van der Waals surface area contributed by atoms with Gasteiger partial charge in [0.1, 0.15) is 0 Å². The maximum atomic E-state index is 6.22. The van der Waals surface area contributed by atoms with Crippen LogP contribution in [0.2, 0.25) is 0 Å². The Morgan fingerprint density at radius 3 is 3.07 bits per heavy atom. The summed E-state index contributed by atoms with van der Waals surface area (Å²) in [5.41, 5.74) is 7.36. The van der Waals surface area contributed by atoms with Crippen molar-refractivity contribution in [2.24, 2.45) is 12.8 Å². The van der Waals surface area contributed by atoms with E-state index in [2.05, 4.69) is 5.10 Å². The topological polar surface area (TPSA) is 43.8 Å². The minimum Gasteiger partial charge on any atom is -0.322 e. The van der Waals surface area contributed by atoms with Crippen molar-refractivity contribution < 1.29 is 0 Å². The van der Waals surface area contributed by atoms with Gasteiger partial charge in [0.15, 0.2) is 0 Å². The van der Waals surface area contributed by atoms with Crippen molar-refractivity contribution in [2.45, 2.75) is 11.3 Å². The standard InChI is InChI=1S/C9H15N3S2/c1-12-7(2-3-11-12)9(10)8-6-13-4-5-14-8/h2-3,8-9H,4-6,10H2,1H3. The second kappa shape index (κ2) is 4.59. The van der Waals surface area contributed by atoms with E-state index in [1.54, 1.807) is 0 Å². The highest BCUT2D eigenvalue weighted by atomic mass is 32.2. The van der Waals surface area contributed by atoms with E-state index in [1.165, 1.54) is 11.5 Å². The zero-order valence-corrected chi connectivity index (χ0v) is 9.85. The lowest BCUT2D eigenvalue weighted by Crippen LogP contribution is -2.30. The number of thioether (sulfide) groups is 2. The minimum atomic E-state index is 0.125. The summed E-state index contributed by atoms with van der Waals surface area (Å²) >= 11 is 4.00. The van der Waals surface area contributed by atoms with Crippen LogP contribution in [0.15, 0.2) is 12.3 Å². The van der Waals surface area contributed by atoms with Gasteiger partial charge in [-0.1, -0.05) is 0 Å². The summed E-state index contributed by atoms with van der Waals surface area (Å²) in [6, 6.07) is 2.14. The fraction of sp³-hybridized carbons (Fsp3) is 0.667. The van der Waals surface area contributed by atoms with Crippen molar-refractivity contribution in [3.8, 4) is 0 Å². The summed E-state index contributed by atoms with van der Waals surface area (Å²) in [7, 11) is 1.95. The van der Waals surface area contributed by atoms with E-state index in [1.807, 2.05) is 47.5 Å². The van der Waals surface area contributed by atoms with E-state index in [4.69, 9.17) is 5.73 Å². The van der Waals surface area contributed by atoms with Crippen LogP contribution in [0.5, 0.6) is 0 Å². The number of aryl methyl sites for hydroxylation is 1. The molecule has 2 unspecified atom stereocenters. The third kappa shape index (κ3) is 2.10. The van der Waals surface area contributed by atoms with Crippen LogP contribution >= 0.6 is 23.5 Å². The molecule has 0 aliphatic carbocycles. The number of nitrogens with two attached hydrogens (primary N) is 1. The van der Waals surface area contributed by atoms with Gasteiger partial charge in [-0.25, -0.2) is 0 Å². The largest absolute Gasteiger partial charge is 0.322 e. The Balaban J connectivity index is 2.07. The van der Waals surface area contributed by atoms with Crippen molar-refractivity contribution in [3.63, 3.8) is 0 Å². The normalized spacial score (nSPS) is 24.9. The number of hydrogen-bond donors (Lipinski definition) is 1. The van der Waals surface area contributed by atoms with Crippen LogP contribution in [-0.4, -0.2) is 32.3 Å². The van der Waals surface area contributed by atoms with Gasteiger partial charge in [-0.2, -0.15) is 28.6 Å². The summed E-state index contributed by atoms with van der Waals surface area (Å²) in [6.07, 6.45) is 1.82. The molecule has 14 heavy (non-hydrogen) atoms. The van der Waals surface area contributed by atoms with Crippen molar-refractivity contribution in [1.82, 2.24) is 9.78 Å². The molecule has 0 radical (unpaired) electrons. The molecule has 2 atom stereocenters. The Morgan fingerprint density at radius 2 is 2.50 bits per heavy atom. The highest BCUT2D eigenvalue weighted by molar-refractivity contribution is 8.06. The van der Waals surface area contributed by atoms with Crippen LogP contribution in [0.25, 0.3) is 0 Å². The fourth-order valence-electron chi connectivity index (χ4n) is 1.61. The van der Waals surface area contributed by atoms with Crippen LogP contribution in [0.3, 0.4) is 0 Å². The van der Waals surface area contributed by atoms with Gasteiger partial charge in [-0.05, 0) is 6.07 Å². The molecule has 5 heteroatoms. The van der Waals surface area contributed by atoms with Crippen molar-refractivity contribution in [1.29, 1.82) is 0 Å². The average Bonchev–Trinajstić information content (AvgIpc) is 2.65. The van der Waals surface area contributed by atoms with Gasteiger partial charge in [0.2, 0.25) is 0 Å². The highest BCUT2D eigenvalue weighted by Crippen LogP contribution is 2.31. The van der Waals surface area contributed by atoms with E-state index < -0.39 is 0 Å². The molecule has 0 aromatic carbocycles. The van der Waals surface area contributed by atoms with E-state index in [0.29, 0.717) is 5.25 Å². The van der Waals surface area contributed by atoms with E-state index >= 15 is 0 Å². The smallest absolute Gasteiger partial charge is 0.0595 e. The zero-order chi connectivity index (χ0) is 9.97. The summed E-state index contributed by atoms with van der Waals surface area (Å²) in [4.78, 5) is 0. The SMILES string of the molecule is Cn1nccc1C(N)C1CSCCS1. The molecule has 1 aliphatic rings. The van der Waals surface area contributed by atoms with E-state index in [0.717, 1.165) is 11.4 Å². The van der Waals surface area contributed by atoms with Gasteiger partial charge >= 0.3 is 0 Å². The molecule has 2 rings (SSSR count). The van der Waals surface area contributed by atoms with E-state index in [9.17, 15) is 0 Å². The molecule has 0 saturated carbocycles. The van der Waals surface area contributed by atoms with Gasteiger partial charge in [-0.3, -0.25) is 4.68 Å². The minimum absolute atomic E-state index is 0.125. The van der Waals surface area contributed by atoms with Crippen molar-refractivity contribution in [2.75, 3.05) is 17.3 Å². The summed E-state index contributed by atoms with van der Waals surface area (Å²) in [5.74, 6) is 3.65. The van der Waals surface area contributed by atoms with Crippen molar-refractivity contribution >= 4 is 23.5 Å². The van der Waals surface area contributed by atoms with Crippen LogP contribution in [0, 0.1) is 0 Å². The number of hydrogen-bond acceptors (Lipinski definition) is 4. The highest BCUT2D eigenvalue weighted by Gasteiger charge is 2.24. The first kappa shape index (κ1) is 10.4. The third-order valence-electron chi connectivity index (χ3n) is 2.44. The zero-order valence-electron chi connectivity index (χ0n) is 8.22. The van der Waals surface area contributed by atoms with Crippen molar-refractivity contribution in [3.05, 3.63) is 18.0 Å². The quantitative estimate of drug-likeness (QED) is 0.829.